The van der Waals surface area contributed by atoms with Gasteiger partial charge >= 0.3 is 12.1 Å². The lowest BCUT2D eigenvalue weighted by molar-refractivity contribution is -0.275. The van der Waals surface area contributed by atoms with Crippen molar-refractivity contribution in [2.75, 3.05) is 13.4 Å². The van der Waals surface area contributed by atoms with E-state index in [9.17, 15) is 31.4 Å². The number of ether oxygens (including phenoxy) is 1. The SMILES string of the molecule is COC(=O)Cc1ccc(S(C)(=O)=NC(=O)c2ccc(C3=NOC(c4cc(Cl)c(F)c(Cl)c4)(C(F)(F)F)C3)cc2C)cc1. The monoisotopic (exact) mass is 644 g/mol. The highest BCUT2D eigenvalue weighted by Crippen LogP contribution is 2.50. The molecule has 7 nitrogen and oxygen atoms in total. The van der Waals surface area contributed by atoms with Gasteiger partial charge in [-0.1, -0.05) is 46.6 Å². The van der Waals surface area contributed by atoms with Gasteiger partial charge in [-0.25, -0.2) is 8.60 Å². The molecule has 0 radical (unpaired) electrons. The predicted octanol–water partition coefficient (Wildman–Crippen LogP) is 7.04. The summed E-state index contributed by atoms with van der Waals surface area (Å²) in [5, 5.41) is 2.45. The Morgan fingerprint density at radius 2 is 1.71 bits per heavy atom. The van der Waals surface area contributed by atoms with Crippen molar-refractivity contribution in [1.29, 1.82) is 0 Å². The third kappa shape index (κ3) is 6.16. The van der Waals surface area contributed by atoms with Crippen molar-refractivity contribution in [2.45, 2.75) is 36.4 Å². The molecule has 0 N–H and O–H groups in total. The second-order valence-electron chi connectivity index (χ2n) is 9.51. The van der Waals surface area contributed by atoms with Crippen LogP contribution in [0, 0.1) is 12.7 Å². The van der Waals surface area contributed by atoms with Crippen LogP contribution in [0.5, 0.6) is 0 Å². The Morgan fingerprint density at radius 3 is 2.26 bits per heavy atom. The summed E-state index contributed by atoms with van der Waals surface area (Å²) in [6.45, 7) is 1.54. The molecule has 222 valence electrons. The molecule has 0 bridgehead atoms. The van der Waals surface area contributed by atoms with Crippen LogP contribution in [0.4, 0.5) is 17.6 Å². The first-order chi connectivity index (χ1) is 19.6. The van der Waals surface area contributed by atoms with Crippen LogP contribution in [0.15, 0.2) is 69.0 Å². The zero-order valence-corrected chi connectivity index (χ0v) is 24.6. The number of methoxy groups -OCH3 is 1. The molecule has 3 aromatic rings. The lowest BCUT2D eigenvalue weighted by Crippen LogP contribution is -2.42. The standard InChI is InChI=1S/C28H22Cl2F4N2O5S/c1-15-10-17(23-14-27(41-35-23,28(32,33)34)18-12-21(29)25(31)22(30)13-18)6-9-20(15)26(38)36-42(3,39)19-7-4-16(5-8-19)11-24(37)40-2/h4-10,12-13H,11,14H2,1-3H3. The van der Waals surface area contributed by atoms with E-state index in [0.717, 1.165) is 12.1 Å². The second-order valence-corrected chi connectivity index (χ2v) is 12.6. The summed E-state index contributed by atoms with van der Waals surface area (Å²) < 4.78 is 78.6. The first-order valence-corrected chi connectivity index (χ1v) is 14.8. The molecule has 2 unspecified atom stereocenters. The highest BCUT2D eigenvalue weighted by Gasteiger charge is 2.62. The van der Waals surface area contributed by atoms with E-state index < -0.39 is 61.2 Å². The Hall–Kier alpha value is -3.48. The summed E-state index contributed by atoms with van der Waals surface area (Å²) >= 11 is 11.5. The third-order valence-electron chi connectivity index (χ3n) is 6.62. The molecule has 1 aliphatic rings. The van der Waals surface area contributed by atoms with Crippen molar-refractivity contribution in [2.24, 2.45) is 9.52 Å². The van der Waals surface area contributed by atoms with Crippen LogP contribution >= 0.6 is 23.2 Å². The number of rotatable bonds is 6. The number of amides is 1. The Morgan fingerprint density at radius 1 is 1.10 bits per heavy atom. The maximum Gasteiger partial charge on any atom is 0.435 e. The smallest absolute Gasteiger partial charge is 0.435 e. The zero-order valence-electron chi connectivity index (χ0n) is 22.2. The Bertz CT molecular complexity index is 1710. The number of esters is 1. The topological polar surface area (TPSA) is 94.4 Å². The molecule has 3 aromatic carbocycles. The minimum absolute atomic E-state index is 0.0229. The molecular weight excluding hydrogens is 623 g/mol. The van der Waals surface area contributed by atoms with Gasteiger partial charge in [-0.15, -0.1) is 0 Å². The number of carbonyl (C=O) groups excluding carboxylic acids is 2. The minimum atomic E-state index is -4.98. The molecule has 4 rings (SSSR count). The fourth-order valence-corrected chi connectivity index (χ4v) is 5.94. The average Bonchev–Trinajstić information content (AvgIpc) is 3.38. The summed E-state index contributed by atoms with van der Waals surface area (Å²) in [6.07, 6.45) is -4.44. The number of carbonyl (C=O) groups is 2. The maximum absolute atomic E-state index is 14.3. The second kappa shape index (κ2) is 11.7. The van der Waals surface area contributed by atoms with Crippen LogP contribution in [-0.2, 0) is 36.1 Å². The van der Waals surface area contributed by atoms with E-state index in [2.05, 4.69) is 14.3 Å². The number of nitrogens with zero attached hydrogens (tertiary/aromatic N) is 2. The Balaban J connectivity index is 1.59. The number of aryl methyl sites for hydroxylation is 1. The molecule has 42 heavy (non-hydrogen) atoms. The van der Waals surface area contributed by atoms with Crippen LogP contribution in [0.2, 0.25) is 10.0 Å². The van der Waals surface area contributed by atoms with Gasteiger partial charge in [-0.05, 0) is 60.0 Å². The molecule has 0 aliphatic carbocycles. The van der Waals surface area contributed by atoms with Crippen molar-refractivity contribution in [1.82, 2.24) is 0 Å². The van der Waals surface area contributed by atoms with E-state index in [1.54, 1.807) is 12.1 Å². The van der Waals surface area contributed by atoms with Crippen LogP contribution in [0.1, 0.15) is 39.0 Å². The van der Waals surface area contributed by atoms with Gasteiger partial charge in [0.25, 0.3) is 11.5 Å². The summed E-state index contributed by atoms with van der Waals surface area (Å²) in [7, 11) is -1.92. The number of alkyl halides is 3. The number of hydrogen-bond acceptors (Lipinski definition) is 6. The van der Waals surface area contributed by atoms with Crippen LogP contribution in [-0.4, -0.2) is 41.3 Å². The van der Waals surface area contributed by atoms with E-state index in [0.29, 0.717) is 11.1 Å². The molecule has 0 saturated heterocycles. The summed E-state index contributed by atoms with van der Waals surface area (Å²) in [4.78, 5) is 29.7. The fourth-order valence-electron chi connectivity index (χ4n) is 4.29. The van der Waals surface area contributed by atoms with Gasteiger partial charge in [0.2, 0.25) is 0 Å². The molecule has 1 amide bonds. The molecular formula is C28H22Cl2F4N2O5S. The van der Waals surface area contributed by atoms with Gasteiger partial charge in [-0.3, -0.25) is 9.59 Å². The van der Waals surface area contributed by atoms with Crippen molar-refractivity contribution >= 4 is 50.5 Å². The van der Waals surface area contributed by atoms with Gasteiger partial charge in [-0.2, -0.15) is 17.5 Å². The van der Waals surface area contributed by atoms with Crippen molar-refractivity contribution in [3.63, 3.8) is 0 Å². The van der Waals surface area contributed by atoms with Crippen LogP contribution in [0.25, 0.3) is 0 Å². The van der Waals surface area contributed by atoms with E-state index in [4.69, 9.17) is 28.0 Å². The van der Waals surface area contributed by atoms with Gasteiger partial charge in [0, 0.05) is 28.7 Å². The molecule has 0 spiro atoms. The third-order valence-corrected chi connectivity index (χ3v) is 8.83. The van der Waals surface area contributed by atoms with E-state index in [1.807, 2.05) is 0 Å². The minimum Gasteiger partial charge on any atom is -0.469 e. The lowest BCUT2D eigenvalue weighted by atomic mass is 9.86. The number of halogens is 6. The van der Waals surface area contributed by atoms with Crippen LogP contribution < -0.4 is 0 Å². The van der Waals surface area contributed by atoms with E-state index >= 15 is 0 Å². The zero-order chi connectivity index (χ0) is 31.0. The van der Waals surface area contributed by atoms with E-state index in [-0.39, 0.29) is 28.2 Å². The largest absolute Gasteiger partial charge is 0.469 e. The fraction of sp³-hybridized carbons (Fsp3) is 0.250. The predicted molar refractivity (Wildman–Crippen MR) is 149 cm³/mol. The molecule has 2 atom stereocenters. The molecule has 0 fully saturated rings. The molecule has 1 aliphatic heterocycles. The van der Waals surface area contributed by atoms with Crippen molar-refractivity contribution < 1.29 is 40.9 Å². The molecule has 0 aromatic heterocycles. The van der Waals surface area contributed by atoms with E-state index in [1.165, 1.54) is 50.6 Å². The number of hydrogen-bond donors (Lipinski definition) is 0. The number of oxime groups is 1. The normalized spacial score (nSPS) is 18.1. The first kappa shape index (κ1) is 31.5. The number of benzene rings is 3. The summed E-state index contributed by atoms with van der Waals surface area (Å²) in [5.74, 6) is -2.30. The quantitative estimate of drug-likeness (QED) is 0.163. The Labute approximate surface area is 248 Å². The van der Waals surface area contributed by atoms with Gasteiger partial charge in [0.15, 0.2) is 5.82 Å². The molecule has 1 heterocycles. The highest BCUT2D eigenvalue weighted by atomic mass is 35.5. The highest BCUT2D eigenvalue weighted by molar-refractivity contribution is 7.93. The maximum atomic E-state index is 14.3. The summed E-state index contributed by atoms with van der Waals surface area (Å²) in [5.41, 5.74) is -2.32. The first-order valence-electron chi connectivity index (χ1n) is 12.1. The average molecular weight is 645 g/mol. The summed E-state index contributed by atoms with van der Waals surface area (Å²) in [6, 6.07) is 11.9. The van der Waals surface area contributed by atoms with Gasteiger partial charge in [0.05, 0.1) is 39.0 Å². The van der Waals surface area contributed by atoms with Crippen molar-refractivity contribution in [3.05, 3.63) is 98.3 Å². The van der Waals surface area contributed by atoms with Gasteiger partial charge < -0.3 is 9.57 Å². The molecule has 14 heteroatoms. The van der Waals surface area contributed by atoms with Crippen molar-refractivity contribution in [3.8, 4) is 0 Å². The van der Waals surface area contributed by atoms with Crippen LogP contribution in [0.3, 0.4) is 0 Å². The molecule has 0 saturated carbocycles. The Kier molecular flexibility index (Phi) is 8.73. The lowest BCUT2D eigenvalue weighted by Gasteiger charge is -2.29. The van der Waals surface area contributed by atoms with Gasteiger partial charge in [0.1, 0.15) is 0 Å².